The second kappa shape index (κ2) is 7.56. The van der Waals surface area contributed by atoms with E-state index in [2.05, 4.69) is 23.9 Å². The van der Waals surface area contributed by atoms with Crippen LogP contribution in [0.1, 0.15) is 32.1 Å². The molecule has 2 N–H and O–H groups in total. The molecule has 1 heterocycles. The number of carbonyl (C=O) groups excluding carboxylic acids is 1. The van der Waals surface area contributed by atoms with E-state index in [-0.39, 0.29) is 17.9 Å². The number of nitrogens with zero attached hydrogens (tertiary/aromatic N) is 3. The largest absolute Gasteiger partial charge is 0.344 e. The maximum absolute atomic E-state index is 12.4. The van der Waals surface area contributed by atoms with Crippen molar-refractivity contribution < 1.29 is 4.79 Å². The Hall–Kier alpha value is -0.650. The van der Waals surface area contributed by atoms with Crippen LogP contribution in [-0.4, -0.2) is 80.0 Å². The van der Waals surface area contributed by atoms with E-state index in [1.807, 2.05) is 11.9 Å². The molecule has 2 unspecified atom stereocenters. The fraction of sp³-hybridized carbons (Fsp3) is 0.938. The lowest BCUT2D eigenvalue weighted by molar-refractivity contribution is -0.134. The fourth-order valence-corrected chi connectivity index (χ4v) is 3.61. The zero-order valence-corrected chi connectivity index (χ0v) is 13.9. The molecule has 122 valence electrons. The summed E-state index contributed by atoms with van der Waals surface area (Å²) in [6, 6.07) is 0.741. The highest BCUT2D eigenvalue weighted by atomic mass is 16.2. The number of likely N-dealkylation sites (tertiary alicyclic amines) is 1. The molecule has 5 heteroatoms. The molecule has 1 saturated heterocycles. The molecule has 1 aliphatic heterocycles. The van der Waals surface area contributed by atoms with Crippen molar-refractivity contribution in [3.8, 4) is 0 Å². The zero-order chi connectivity index (χ0) is 15.4. The highest BCUT2D eigenvalue weighted by Gasteiger charge is 2.32. The first-order valence-electron chi connectivity index (χ1n) is 8.38. The van der Waals surface area contributed by atoms with Gasteiger partial charge in [0, 0.05) is 32.2 Å². The number of rotatable bonds is 5. The van der Waals surface area contributed by atoms with E-state index in [1.165, 1.54) is 25.9 Å². The molecule has 0 spiro atoms. The second-order valence-electron chi connectivity index (χ2n) is 6.98. The molecule has 0 aromatic heterocycles. The van der Waals surface area contributed by atoms with E-state index < -0.39 is 0 Å². The van der Waals surface area contributed by atoms with Gasteiger partial charge in [0.1, 0.15) is 0 Å². The van der Waals surface area contributed by atoms with Crippen LogP contribution in [0.5, 0.6) is 0 Å². The lowest BCUT2D eigenvalue weighted by atomic mass is 10.0. The third kappa shape index (κ3) is 4.41. The van der Waals surface area contributed by atoms with Crippen LogP contribution < -0.4 is 5.73 Å². The van der Waals surface area contributed by atoms with Gasteiger partial charge in [0.15, 0.2) is 0 Å². The molecule has 5 nitrogen and oxygen atoms in total. The fourth-order valence-electron chi connectivity index (χ4n) is 3.61. The van der Waals surface area contributed by atoms with E-state index in [0.717, 1.165) is 32.4 Å². The van der Waals surface area contributed by atoms with Crippen LogP contribution in [0.4, 0.5) is 0 Å². The predicted octanol–water partition coefficient (Wildman–Crippen LogP) is 0.598. The van der Waals surface area contributed by atoms with Crippen molar-refractivity contribution in [1.29, 1.82) is 0 Å². The Kier molecular flexibility index (Phi) is 6.02. The third-order valence-corrected chi connectivity index (χ3v) is 5.36. The van der Waals surface area contributed by atoms with Crippen LogP contribution in [0.2, 0.25) is 0 Å². The van der Waals surface area contributed by atoms with Gasteiger partial charge in [0.25, 0.3) is 0 Å². The summed E-state index contributed by atoms with van der Waals surface area (Å²) in [4.78, 5) is 19.1. The van der Waals surface area contributed by atoms with Crippen molar-refractivity contribution in [2.45, 2.75) is 44.2 Å². The normalized spacial score (nSPS) is 28.2. The van der Waals surface area contributed by atoms with Crippen LogP contribution in [0.25, 0.3) is 0 Å². The number of hydrogen-bond acceptors (Lipinski definition) is 4. The average Bonchev–Trinajstić information content (AvgIpc) is 2.90. The zero-order valence-electron chi connectivity index (χ0n) is 13.9. The van der Waals surface area contributed by atoms with Crippen molar-refractivity contribution in [2.24, 2.45) is 11.7 Å². The predicted molar refractivity (Wildman–Crippen MR) is 86.1 cm³/mol. The topological polar surface area (TPSA) is 52.8 Å². The van der Waals surface area contributed by atoms with Crippen LogP contribution in [0.3, 0.4) is 0 Å². The number of amides is 1. The van der Waals surface area contributed by atoms with Gasteiger partial charge < -0.3 is 20.4 Å². The van der Waals surface area contributed by atoms with Gasteiger partial charge >= 0.3 is 0 Å². The van der Waals surface area contributed by atoms with Crippen molar-refractivity contribution in [1.82, 2.24) is 14.7 Å². The molecule has 2 rings (SSSR count). The lowest BCUT2D eigenvalue weighted by Gasteiger charge is -2.36. The summed E-state index contributed by atoms with van der Waals surface area (Å²) in [5.74, 6) is 0.306. The first-order valence-corrected chi connectivity index (χ1v) is 8.38. The summed E-state index contributed by atoms with van der Waals surface area (Å²) >= 11 is 0. The van der Waals surface area contributed by atoms with Crippen molar-refractivity contribution in [3.05, 3.63) is 0 Å². The van der Waals surface area contributed by atoms with Gasteiger partial charge in [-0.2, -0.15) is 0 Å². The molecule has 21 heavy (non-hydrogen) atoms. The van der Waals surface area contributed by atoms with Gasteiger partial charge in [-0.25, -0.2) is 0 Å². The number of carbonyl (C=O) groups is 1. The molecule has 1 aliphatic carbocycles. The molecule has 0 aromatic carbocycles. The van der Waals surface area contributed by atoms with Gasteiger partial charge in [0.05, 0.1) is 5.92 Å². The number of likely N-dealkylation sites (N-methyl/N-ethyl adjacent to an activating group) is 2. The molecule has 0 bridgehead atoms. The molecule has 1 saturated carbocycles. The van der Waals surface area contributed by atoms with E-state index in [1.54, 1.807) is 0 Å². The Morgan fingerprint density at radius 2 is 1.81 bits per heavy atom. The minimum Gasteiger partial charge on any atom is -0.344 e. The highest BCUT2D eigenvalue weighted by molar-refractivity contribution is 5.79. The smallest absolute Gasteiger partial charge is 0.227 e. The average molecular weight is 296 g/mol. The Balaban J connectivity index is 1.72. The quantitative estimate of drug-likeness (QED) is 0.807. The minimum atomic E-state index is 0.0589. The first-order chi connectivity index (χ1) is 9.99. The van der Waals surface area contributed by atoms with Crippen molar-refractivity contribution in [2.75, 3.05) is 47.3 Å². The third-order valence-electron chi connectivity index (χ3n) is 5.36. The van der Waals surface area contributed by atoms with Crippen LogP contribution >= 0.6 is 0 Å². The Morgan fingerprint density at radius 3 is 2.38 bits per heavy atom. The van der Waals surface area contributed by atoms with Crippen LogP contribution in [0.15, 0.2) is 0 Å². The van der Waals surface area contributed by atoms with Gasteiger partial charge in [-0.1, -0.05) is 6.42 Å². The number of piperidine rings is 1. The van der Waals surface area contributed by atoms with Gasteiger partial charge in [-0.15, -0.1) is 0 Å². The highest BCUT2D eigenvalue weighted by Crippen LogP contribution is 2.25. The maximum atomic E-state index is 12.4. The minimum absolute atomic E-state index is 0.0589. The molecular weight excluding hydrogens is 264 g/mol. The SMILES string of the molecule is CN1CCC(N(C)CCN(C)C(=O)C2CCCC2N)CC1. The van der Waals surface area contributed by atoms with E-state index in [9.17, 15) is 4.79 Å². The summed E-state index contributed by atoms with van der Waals surface area (Å²) in [7, 11) is 6.30. The summed E-state index contributed by atoms with van der Waals surface area (Å²) in [5.41, 5.74) is 6.04. The van der Waals surface area contributed by atoms with Gasteiger partial charge in [0.2, 0.25) is 5.91 Å². The Bertz CT molecular complexity index is 341. The summed E-state index contributed by atoms with van der Waals surface area (Å²) in [6.45, 7) is 4.13. The summed E-state index contributed by atoms with van der Waals surface area (Å²) in [6.07, 6.45) is 5.53. The van der Waals surface area contributed by atoms with E-state index in [4.69, 9.17) is 5.73 Å². The molecule has 2 aliphatic rings. The molecule has 1 amide bonds. The van der Waals surface area contributed by atoms with Crippen LogP contribution in [-0.2, 0) is 4.79 Å². The molecular formula is C16H32N4O. The molecule has 2 atom stereocenters. The molecule has 0 aromatic rings. The molecule has 2 fully saturated rings. The monoisotopic (exact) mass is 296 g/mol. The summed E-state index contributed by atoms with van der Waals surface area (Å²) < 4.78 is 0. The van der Waals surface area contributed by atoms with Gasteiger partial charge in [-0.05, 0) is 52.9 Å². The Labute approximate surface area is 129 Å². The van der Waals surface area contributed by atoms with Gasteiger partial charge in [-0.3, -0.25) is 4.79 Å². The van der Waals surface area contributed by atoms with E-state index in [0.29, 0.717) is 6.04 Å². The van der Waals surface area contributed by atoms with Crippen molar-refractivity contribution >= 4 is 5.91 Å². The van der Waals surface area contributed by atoms with Crippen molar-refractivity contribution in [3.63, 3.8) is 0 Å². The first kappa shape index (κ1) is 16.7. The summed E-state index contributed by atoms with van der Waals surface area (Å²) in [5, 5.41) is 0. The molecule has 0 radical (unpaired) electrons. The standard InChI is InChI=1S/C16H32N4O/c1-18-9-7-13(8-10-18)19(2)11-12-20(3)16(21)14-5-4-6-15(14)17/h13-15H,4-12,17H2,1-3H3. The maximum Gasteiger partial charge on any atom is 0.227 e. The Morgan fingerprint density at radius 1 is 1.14 bits per heavy atom. The number of hydrogen-bond donors (Lipinski definition) is 1. The second-order valence-corrected chi connectivity index (χ2v) is 6.98. The lowest BCUT2D eigenvalue weighted by Crippen LogP contribution is -2.46. The van der Waals surface area contributed by atoms with Crippen LogP contribution in [0, 0.1) is 5.92 Å². The van der Waals surface area contributed by atoms with E-state index >= 15 is 0 Å². The number of nitrogens with two attached hydrogens (primary N) is 1.